The second kappa shape index (κ2) is 11.5. The first-order valence-corrected chi connectivity index (χ1v) is 11.3. The summed E-state index contributed by atoms with van der Waals surface area (Å²) in [5.41, 5.74) is 7.69. The molecule has 0 radical (unpaired) electrons. The van der Waals surface area contributed by atoms with Crippen LogP contribution in [0.4, 0.5) is 0 Å². The summed E-state index contributed by atoms with van der Waals surface area (Å²) in [7, 11) is 0. The molecular weight excluding hydrogens is 414 g/mol. The maximum atomic E-state index is 10.8. The van der Waals surface area contributed by atoms with Gasteiger partial charge in [-0.3, -0.25) is 4.84 Å². The zero-order valence-corrected chi connectivity index (χ0v) is 18.5. The van der Waals surface area contributed by atoms with Gasteiger partial charge in [-0.15, -0.1) is 0 Å². The van der Waals surface area contributed by atoms with Crippen LogP contribution in [0.5, 0.6) is 5.75 Å². The summed E-state index contributed by atoms with van der Waals surface area (Å²) >= 11 is 0. The van der Waals surface area contributed by atoms with Crippen LogP contribution in [0.2, 0.25) is 0 Å². The fourth-order valence-corrected chi connectivity index (χ4v) is 4.26. The molecular formula is C28H29NO4. The van der Waals surface area contributed by atoms with Gasteiger partial charge in [0.05, 0.1) is 0 Å². The van der Waals surface area contributed by atoms with Gasteiger partial charge < -0.3 is 9.84 Å². The van der Waals surface area contributed by atoms with Gasteiger partial charge in [0.15, 0.2) is 6.61 Å². The molecule has 1 unspecified atom stereocenters. The van der Waals surface area contributed by atoms with Gasteiger partial charge in [0.25, 0.3) is 0 Å². The van der Waals surface area contributed by atoms with E-state index < -0.39 is 5.97 Å². The molecule has 1 aliphatic rings. The van der Waals surface area contributed by atoms with Gasteiger partial charge in [0, 0.05) is 6.54 Å². The number of carbonyl (C=O) groups is 1. The minimum Gasteiger partial charge on any atom is -0.482 e. The number of nitrogens with one attached hydrogen (secondary N) is 1. The molecule has 0 heterocycles. The molecule has 2 N–H and O–H groups in total. The topological polar surface area (TPSA) is 67.8 Å². The molecule has 0 bridgehead atoms. The molecule has 0 aliphatic heterocycles. The molecule has 170 valence electrons. The molecule has 0 saturated heterocycles. The largest absolute Gasteiger partial charge is 0.482 e. The van der Waals surface area contributed by atoms with E-state index in [0.717, 1.165) is 36.0 Å². The quantitative estimate of drug-likeness (QED) is 0.259. The molecule has 0 spiro atoms. The molecule has 1 atom stereocenters. The first-order valence-electron chi connectivity index (χ1n) is 11.3. The minimum atomic E-state index is -0.958. The average Bonchev–Trinajstić information content (AvgIpc) is 2.85. The number of hydrogen-bond donors (Lipinski definition) is 2. The van der Waals surface area contributed by atoms with E-state index in [-0.39, 0.29) is 12.7 Å². The Kier molecular flexibility index (Phi) is 7.90. The van der Waals surface area contributed by atoms with Gasteiger partial charge in [-0.1, -0.05) is 84.9 Å². The van der Waals surface area contributed by atoms with Crippen LogP contribution in [0, 0.1) is 5.92 Å². The summed E-state index contributed by atoms with van der Waals surface area (Å²) in [4.78, 5) is 16.9. The zero-order valence-electron chi connectivity index (χ0n) is 18.5. The van der Waals surface area contributed by atoms with Crippen molar-refractivity contribution < 1.29 is 19.5 Å². The Labute approximate surface area is 194 Å². The summed E-state index contributed by atoms with van der Waals surface area (Å²) in [6.45, 7) is 0.305. The zero-order chi connectivity index (χ0) is 22.9. The number of fused-ring (bicyclic) bond motifs is 1. The highest BCUT2D eigenvalue weighted by molar-refractivity contribution is 5.68. The first-order chi connectivity index (χ1) is 16.2. The lowest BCUT2D eigenvalue weighted by atomic mass is 9.83. The molecule has 4 rings (SSSR count). The Morgan fingerprint density at radius 3 is 2.36 bits per heavy atom. The molecule has 33 heavy (non-hydrogen) atoms. The number of benzene rings is 3. The molecule has 3 aromatic carbocycles. The predicted molar refractivity (Wildman–Crippen MR) is 128 cm³/mol. The van der Waals surface area contributed by atoms with Crippen LogP contribution in [0.3, 0.4) is 0 Å². The minimum absolute atomic E-state index is 0.174. The SMILES string of the molecule is O=C(O)COc1cccc2c1CCC(/C=C/CNOC(c1ccccc1)c1ccccc1)C2. The first kappa shape index (κ1) is 22.8. The summed E-state index contributed by atoms with van der Waals surface area (Å²) < 4.78 is 5.47. The highest BCUT2D eigenvalue weighted by Gasteiger charge is 2.20. The van der Waals surface area contributed by atoms with Crippen molar-refractivity contribution in [1.29, 1.82) is 0 Å². The second-order valence-electron chi connectivity index (χ2n) is 8.17. The molecule has 5 nitrogen and oxygen atoms in total. The smallest absolute Gasteiger partial charge is 0.341 e. The van der Waals surface area contributed by atoms with Crippen molar-refractivity contribution >= 4 is 5.97 Å². The van der Waals surface area contributed by atoms with Crippen molar-refractivity contribution in [2.45, 2.75) is 25.4 Å². The maximum absolute atomic E-state index is 10.8. The standard InChI is InChI=1S/C28H29NO4/c30-27(31)20-32-26-15-7-14-24-19-21(16-17-25(24)26)9-8-18-29-33-28(22-10-3-1-4-11-22)23-12-5-2-6-13-23/h1-15,21,28-29H,16-20H2,(H,30,31)/b9-8+. The summed E-state index contributed by atoms with van der Waals surface area (Å²) in [6, 6.07) is 26.3. The van der Waals surface area contributed by atoms with Gasteiger partial charge in [-0.05, 0) is 53.5 Å². The fraction of sp³-hybridized carbons (Fsp3) is 0.250. The molecule has 3 aromatic rings. The summed E-state index contributed by atoms with van der Waals surface area (Å²) in [5.74, 6) is 0.175. The number of carboxylic acids is 1. The number of ether oxygens (including phenoxy) is 1. The molecule has 0 aromatic heterocycles. The van der Waals surface area contributed by atoms with Crippen molar-refractivity contribution in [3.63, 3.8) is 0 Å². The highest BCUT2D eigenvalue weighted by atomic mass is 16.7. The molecule has 0 fully saturated rings. The van der Waals surface area contributed by atoms with Crippen molar-refractivity contribution in [2.24, 2.45) is 5.92 Å². The fourth-order valence-electron chi connectivity index (χ4n) is 4.26. The monoisotopic (exact) mass is 443 g/mol. The molecule has 0 amide bonds. The maximum Gasteiger partial charge on any atom is 0.341 e. The van der Waals surface area contributed by atoms with Crippen LogP contribution in [-0.4, -0.2) is 24.2 Å². The van der Waals surface area contributed by atoms with Crippen molar-refractivity contribution in [3.05, 3.63) is 113 Å². The van der Waals surface area contributed by atoms with Gasteiger partial charge >= 0.3 is 5.97 Å². The van der Waals surface area contributed by atoms with Crippen LogP contribution in [-0.2, 0) is 22.5 Å². The Bertz CT molecular complexity index is 1030. The number of hydrogen-bond acceptors (Lipinski definition) is 4. The molecule has 0 saturated carbocycles. The summed E-state index contributed by atoms with van der Waals surface area (Å²) in [6.07, 6.45) is 7.00. The Morgan fingerprint density at radius 1 is 1.00 bits per heavy atom. The second-order valence-corrected chi connectivity index (χ2v) is 8.17. The van der Waals surface area contributed by atoms with Gasteiger partial charge in [-0.2, -0.15) is 5.48 Å². The Balaban J connectivity index is 1.31. The molecule has 5 heteroatoms. The van der Waals surface area contributed by atoms with E-state index in [4.69, 9.17) is 14.7 Å². The number of hydroxylamine groups is 1. The lowest BCUT2D eigenvalue weighted by molar-refractivity contribution is -0.139. The third-order valence-electron chi connectivity index (χ3n) is 5.84. The molecule has 1 aliphatic carbocycles. The van der Waals surface area contributed by atoms with Crippen LogP contribution < -0.4 is 10.2 Å². The van der Waals surface area contributed by atoms with E-state index in [2.05, 4.69) is 48.0 Å². The number of aliphatic carboxylic acids is 1. The van der Waals surface area contributed by atoms with Gasteiger partial charge in [-0.25, -0.2) is 4.79 Å². The number of carboxylic acid groups (broad SMARTS) is 1. The highest BCUT2D eigenvalue weighted by Crippen LogP contribution is 2.32. The van der Waals surface area contributed by atoms with E-state index in [1.54, 1.807) is 0 Å². The van der Waals surface area contributed by atoms with Crippen LogP contribution in [0.15, 0.2) is 91.0 Å². The van der Waals surface area contributed by atoms with Crippen LogP contribution in [0.25, 0.3) is 0 Å². The van der Waals surface area contributed by atoms with E-state index in [1.165, 1.54) is 5.56 Å². The number of allylic oxidation sites excluding steroid dienone is 1. The van der Waals surface area contributed by atoms with Crippen LogP contribution >= 0.6 is 0 Å². The van der Waals surface area contributed by atoms with Crippen molar-refractivity contribution in [3.8, 4) is 5.75 Å². The third kappa shape index (κ3) is 6.31. The van der Waals surface area contributed by atoms with E-state index in [1.807, 2.05) is 48.5 Å². The summed E-state index contributed by atoms with van der Waals surface area (Å²) in [5, 5.41) is 8.88. The Hall–Kier alpha value is -3.41. The van der Waals surface area contributed by atoms with Crippen LogP contribution in [0.1, 0.15) is 34.8 Å². The van der Waals surface area contributed by atoms with Crippen molar-refractivity contribution in [1.82, 2.24) is 5.48 Å². The normalized spacial score (nSPS) is 15.5. The predicted octanol–water partition coefficient (Wildman–Crippen LogP) is 5.12. The van der Waals surface area contributed by atoms with Gasteiger partial charge in [0.2, 0.25) is 0 Å². The van der Waals surface area contributed by atoms with Gasteiger partial charge in [0.1, 0.15) is 11.9 Å². The number of rotatable bonds is 10. The van der Waals surface area contributed by atoms with E-state index in [9.17, 15) is 4.79 Å². The lowest BCUT2D eigenvalue weighted by Crippen LogP contribution is -2.20. The average molecular weight is 444 g/mol. The lowest BCUT2D eigenvalue weighted by Gasteiger charge is -2.24. The Morgan fingerprint density at radius 2 is 1.70 bits per heavy atom. The van der Waals surface area contributed by atoms with Crippen molar-refractivity contribution in [2.75, 3.05) is 13.2 Å². The van der Waals surface area contributed by atoms with E-state index >= 15 is 0 Å². The third-order valence-corrected chi connectivity index (χ3v) is 5.84. The van der Waals surface area contributed by atoms with E-state index in [0.29, 0.717) is 18.2 Å².